The number of halogens is 4. The molecule has 2 aromatic carbocycles. The number of hydrogen-bond donors (Lipinski definition) is 2. The van der Waals surface area contributed by atoms with E-state index in [2.05, 4.69) is 22.5 Å². The summed E-state index contributed by atoms with van der Waals surface area (Å²) in [5.74, 6) is 6.15. The van der Waals surface area contributed by atoms with E-state index in [-0.39, 0.29) is 37.3 Å². The van der Waals surface area contributed by atoms with E-state index in [0.29, 0.717) is 27.8 Å². The molecular weight excluding hydrogens is 531 g/mol. The van der Waals surface area contributed by atoms with Gasteiger partial charge in [-0.1, -0.05) is 12.0 Å². The lowest BCUT2D eigenvalue weighted by Gasteiger charge is -2.33. The van der Waals surface area contributed by atoms with Gasteiger partial charge in [-0.15, -0.1) is 0 Å². The largest absolute Gasteiger partial charge is 0.495 e. The zero-order valence-electron chi connectivity index (χ0n) is 24.9. The average Bonchev–Trinajstić information content (AvgIpc) is 3.23. The smallest absolute Gasteiger partial charge is 0.406 e. The number of nitrogens with zero attached hydrogens (tertiary/aromatic N) is 2. The van der Waals surface area contributed by atoms with Crippen LogP contribution in [-0.4, -0.2) is 74.9 Å². The van der Waals surface area contributed by atoms with Crippen molar-refractivity contribution in [2.75, 3.05) is 57.7 Å². The monoisotopic (exact) mass is 567 g/mol. The van der Waals surface area contributed by atoms with Crippen molar-refractivity contribution in [3.63, 3.8) is 0 Å². The Bertz CT molecular complexity index is 1540. The fourth-order valence-electron chi connectivity index (χ4n) is 4.57. The van der Waals surface area contributed by atoms with E-state index in [9.17, 15) is 22.1 Å². The van der Waals surface area contributed by atoms with Gasteiger partial charge in [0.25, 0.3) is 0 Å². The minimum Gasteiger partial charge on any atom is -0.495 e. The van der Waals surface area contributed by atoms with E-state index < -0.39 is 39.1 Å². The highest BCUT2D eigenvalue weighted by molar-refractivity contribution is 7.70. The lowest BCUT2D eigenvalue weighted by molar-refractivity contribution is -0.140. The Kier molecular flexibility index (Phi) is 7.35. The number of benzene rings is 2. The molecule has 2 heterocycles. The number of aromatic nitrogens is 1. The first-order valence-electron chi connectivity index (χ1n) is 13.9. The second kappa shape index (κ2) is 11.5. The van der Waals surface area contributed by atoms with Crippen molar-refractivity contribution in [1.82, 2.24) is 9.47 Å². The van der Waals surface area contributed by atoms with Crippen LogP contribution in [0.25, 0.3) is 10.9 Å². The Morgan fingerprint density at radius 3 is 2.67 bits per heavy atom. The summed E-state index contributed by atoms with van der Waals surface area (Å²) in [7, 11) is -1.02. The van der Waals surface area contributed by atoms with Crippen LogP contribution >= 0.6 is 7.14 Å². The molecular formula is C28H33F4N4O2P. The predicted molar refractivity (Wildman–Crippen MR) is 150 cm³/mol. The molecule has 39 heavy (non-hydrogen) atoms. The number of methoxy groups -OCH3 is 1. The Balaban J connectivity index is 1.58. The molecule has 0 aliphatic carbocycles. The molecule has 0 amide bonds. The third kappa shape index (κ3) is 7.09. The van der Waals surface area contributed by atoms with Crippen molar-refractivity contribution < 1.29 is 31.0 Å². The van der Waals surface area contributed by atoms with Crippen molar-refractivity contribution in [3.8, 4) is 17.6 Å². The fraction of sp³-hybridized carbons (Fsp3) is 0.429. The number of hydrogen-bond acceptors (Lipinski definition) is 5. The van der Waals surface area contributed by atoms with Gasteiger partial charge in [-0.25, -0.2) is 4.39 Å². The summed E-state index contributed by atoms with van der Waals surface area (Å²) in [6, 6.07) is 10.8. The topological polar surface area (TPSA) is 58.5 Å². The van der Waals surface area contributed by atoms with Gasteiger partial charge in [0, 0.05) is 33.6 Å². The average molecular weight is 568 g/mol. The first-order valence-corrected chi connectivity index (χ1v) is 15.0. The van der Waals surface area contributed by atoms with Gasteiger partial charge in [0.05, 0.1) is 36.6 Å². The van der Waals surface area contributed by atoms with E-state index in [1.165, 1.54) is 13.2 Å². The number of piperidine rings is 1. The number of fused-ring (bicyclic) bond motifs is 1. The maximum atomic E-state index is 14.9. The van der Waals surface area contributed by atoms with Gasteiger partial charge >= 0.3 is 6.18 Å². The second-order valence-electron chi connectivity index (χ2n) is 9.86. The van der Waals surface area contributed by atoms with E-state index in [1.807, 2.05) is 0 Å². The predicted octanol–water partition coefficient (Wildman–Crippen LogP) is 5.38. The molecule has 210 valence electrons. The fourth-order valence-corrected chi connectivity index (χ4v) is 5.43. The number of nitrogens with one attached hydrogen (secondary N) is 2. The molecule has 0 radical (unpaired) electrons. The van der Waals surface area contributed by atoms with Crippen LogP contribution in [0.1, 0.15) is 16.2 Å². The summed E-state index contributed by atoms with van der Waals surface area (Å²) in [5.41, 5.74) is 1.45. The molecule has 0 bridgehead atoms. The molecule has 0 saturated carbocycles. The molecule has 2 N–H and O–H groups in total. The molecule has 0 unspecified atom stereocenters. The third-order valence-corrected chi connectivity index (χ3v) is 8.08. The number of likely N-dealkylation sites (tertiary alicyclic amines) is 1. The Hall–Kier alpha value is -3.15. The van der Waals surface area contributed by atoms with Crippen LogP contribution in [0.3, 0.4) is 0 Å². The van der Waals surface area contributed by atoms with Gasteiger partial charge in [0.2, 0.25) is 0 Å². The summed E-state index contributed by atoms with van der Waals surface area (Å²) in [4.78, 5) is 1.11. The minimum atomic E-state index is -4.51. The first-order chi connectivity index (χ1) is 19.6. The minimum absolute atomic E-state index is 0.0931. The second-order valence-corrected chi connectivity index (χ2v) is 13.1. The highest BCUT2D eigenvalue weighted by Crippen LogP contribution is 2.37. The zero-order chi connectivity index (χ0) is 30.9. The standard InChI is InChI=1S/C28H33F4N4O2P/c1-35-14-12-24(22(29)17-35)34-23-8-5-9-26-21(23)15-19(36(26)18-28(30,31)32)7-6-13-33-25-11-10-20(39(3,4)37)16-27(25)38-2/h5,8-11,15-16,22,24,33-34H,12-14,17-18H2,1-4H3/t22-,24+/m0/s1/i1D3. The molecule has 2 atom stereocenters. The quantitative estimate of drug-likeness (QED) is 0.228. The van der Waals surface area contributed by atoms with Crippen LogP contribution in [0.4, 0.5) is 28.9 Å². The van der Waals surface area contributed by atoms with Crippen LogP contribution in [0.2, 0.25) is 0 Å². The molecule has 1 fully saturated rings. The van der Waals surface area contributed by atoms with Crippen molar-refractivity contribution in [2.24, 2.45) is 0 Å². The summed E-state index contributed by atoms with van der Waals surface area (Å²) in [6.07, 6.45) is -5.77. The number of ether oxygens (including phenoxy) is 1. The van der Waals surface area contributed by atoms with Gasteiger partial charge in [-0.3, -0.25) is 0 Å². The van der Waals surface area contributed by atoms with Gasteiger partial charge in [0.15, 0.2) is 0 Å². The molecule has 1 aromatic heterocycles. The summed E-state index contributed by atoms with van der Waals surface area (Å²) < 4.78 is 97.1. The molecule has 1 aliphatic rings. The molecule has 3 aromatic rings. The van der Waals surface area contributed by atoms with Crippen LogP contribution in [0.5, 0.6) is 5.75 Å². The highest BCUT2D eigenvalue weighted by atomic mass is 31.2. The van der Waals surface area contributed by atoms with Crippen LogP contribution in [0, 0.1) is 11.8 Å². The van der Waals surface area contributed by atoms with E-state index in [0.717, 1.165) is 9.47 Å². The van der Waals surface area contributed by atoms with Crippen molar-refractivity contribution in [2.45, 2.75) is 31.4 Å². The molecule has 1 aliphatic heterocycles. The van der Waals surface area contributed by atoms with Crippen LogP contribution < -0.4 is 20.7 Å². The van der Waals surface area contributed by atoms with Gasteiger partial charge in [-0.2, -0.15) is 13.2 Å². The number of anilines is 2. The third-order valence-electron chi connectivity index (χ3n) is 6.56. The maximum absolute atomic E-state index is 14.9. The molecule has 6 nitrogen and oxygen atoms in total. The van der Waals surface area contributed by atoms with Crippen molar-refractivity contribution in [3.05, 3.63) is 48.2 Å². The SMILES string of the molecule is [2H]C([2H])([2H])N1CC[C@@H](Nc2cccc3c2cc(C#CCNc2ccc(P(C)(C)=O)cc2OC)n3CC(F)(F)F)[C@@H](F)C1. The van der Waals surface area contributed by atoms with Gasteiger partial charge in [0.1, 0.15) is 25.6 Å². The summed E-state index contributed by atoms with van der Waals surface area (Å²) in [5, 5.41) is 7.27. The molecule has 11 heteroatoms. The van der Waals surface area contributed by atoms with Crippen molar-refractivity contribution >= 4 is 34.7 Å². The van der Waals surface area contributed by atoms with E-state index in [4.69, 9.17) is 8.85 Å². The lowest BCUT2D eigenvalue weighted by Crippen LogP contribution is -2.46. The van der Waals surface area contributed by atoms with Gasteiger partial charge in [-0.05, 0) is 69.0 Å². The number of alkyl halides is 4. The Morgan fingerprint density at radius 2 is 2.00 bits per heavy atom. The maximum Gasteiger partial charge on any atom is 0.406 e. The van der Waals surface area contributed by atoms with Crippen LogP contribution in [0.15, 0.2) is 42.5 Å². The van der Waals surface area contributed by atoms with Crippen molar-refractivity contribution in [1.29, 1.82) is 0 Å². The first kappa shape index (κ1) is 24.9. The van der Waals surface area contributed by atoms with Gasteiger partial charge < -0.3 is 29.4 Å². The lowest BCUT2D eigenvalue weighted by atomic mass is 10.0. The van der Waals surface area contributed by atoms with E-state index >= 15 is 0 Å². The number of rotatable bonds is 7. The highest BCUT2D eigenvalue weighted by Gasteiger charge is 2.31. The molecule has 4 rings (SSSR count). The Labute approximate surface area is 230 Å². The summed E-state index contributed by atoms with van der Waals surface area (Å²) >= 11 is 0. The zero-order valence-corrected chi connectivity index (χ0v) is 22.8. The molecule has 1 saturated heterocycles. The molecule has 0 spiro atoms. The normalized spacial score (nSPS) is 19.9. The van der Waals surface area contributed by atoms with E-state index in [1.54, 1.807) is 49.7 Å². The Morgan fingerprint density at radius 1 is 1.21 bits per heavy atom. The summed E-state index contributed by atoms with van der Waals surface area (Å²) in [6.45, 7) is -0.365. The van der Waals surface area contributed by atoms with Crippen LogP contribution in [-0.2, 0) is 11.1 Å².